The number of carbonyl (C=O) groups excluding carboxylic acids is 2. The van der Waals surface area contributed by atoms with Crippen molar-refractivity contribution in [2.45, 2.75) is 30.6 Å². The van der Waals surface area contributed by atoms with Crippen LogP contribution in [0.3, 0.4) is 0 Å². The van der Waals surface area contributed by atoms with Crippen LogP contribution in [0.15, 0.2) is 58.4 Å². The lowest BCUT2D eigenvalue weighted by Crippen LogP contribution is -2.29. The van der Waals surface area contributed by atoms with Crippen LogP contribution in [0.4, 0.5) is 11.4 Å². The molecule has 2 amide bonds. The largest absolute Gasteiger partial charge is 0.322 e. The molecule has 2 aliphatic rings. The molecule has 0 bridgehead atoms. The van der Waals surface area contributed by atoms with E-state index in [2.05, 4.69) is 15.0 Å². The lowest BCUT2D eigenvalue weighted by atomic mass is 10.1. The van der Waals surface area contributed by atoms with Crippen LogP contribution in [0, 0.1) is 0 Å². The van der Waals surface area contributed by atoms with Gasteiger partial charge in [-0.15, -0.1) is 0 Å². The summed E-state index contributed by atoms with van der Waals surface area (Å²) in [4.78, 5) is 30.8. The van der Waals surface area contributed by atoms with Gasteiger partial charge in [-0.1, -0.05) is 18.2 Å². The fourth-order valence-electron chi connectivity index (χ4n) is 3.58. The Balaban J connectivity index is 1.55. The van der Waals surface area contributed by atoms with Gasteiger partial charge in [-0.25, -0.2) is 8.42 Å². The van der Waals surface area contributed by atoms with Crippen LogP contribution in [0.2, 0.25) is 0 Å². The lowest BCUT2D eigenvalue weighted by Gasteiger charge is -2.19. The third kappa shape index (κ3) is 4.20. The maximum absolute atomic E-state index is 12.9. The Hall–Kier alpha value is -3.20. The van der Waals surface area contributed by atoms with E-state index in [1.54, 1.807) is 41.3 Å². The van der Waals surface area contributed by atoms with Crippen LogP contribution in [0.5, 0.6) is 0 Å². The number of anilines is 2. The molecule has 1 fully saturated rings. The summed E-state index contributed by atoms with van der Waals surface area (Å²) >= 11 is 0. The SMILES string of the molecule is O=C(Nc1cccc(S(=O)(=O)NC2=NCCC2)c1)c1ccccc1N1CCCC1=O. The number of hydrogen-bond acceptors (Lipinski definition) is 5. The zero-order chi connectivity index (χ0) is 21.1. The smallest absolute Gasteiger partial charge is 0.262 e. The van der Waals surface area contributed by atoms with E-state index >= 15 is 0 Å². The lowest BCUT2D eigenvalue weighted by molar-refractivity contribution is -0.117. The number of para-hydroxylation sites is 1. The maximum Gasteiger partial charge on any atom is 0.262 e. The number of benzene rings is 2. The number of nitrogens with zero attached hydrogens (tertiary/aromatic N) is 2. The molecule has 8 nitrogen and oxygen atoms in total. The third-order valence-electron chi connectivity index (χ3n) is 5.04. The van der Waals surface area contributed by atoms with Gasteiger partial charge in [0.05, 0.1) is 16.1 Å². The van der Waals surface area contributed by atoms with E-state index in [4.69, 9.17) is 0 Å². The Morgan fingerprint density at radius 3 is 2.60 bits per heavy atom. The molecule has 0 radical (unpaired) electrons. The van der Waals surface area contributed by atoms with Crippen LogP contribution in [0.1, 0.15) is 36.0 Å². The molecule has 2 aromatic rings. The molecule has 2 N–H and O–H groups in total. The summed E-state index contributed by atoms with van der Waals surface area (Å²) in [7, 11) is -3.78. The molecule has 0 spiro atoms. The number of amides is 2. The maximum atomic E-state index is 12.9. The van der Waals surface area contributed by atoms with Gasteiger partial charge < -0.3 is 10.2 Å². The molecule has 2 heterocycles. The minimum atomic E-state index is -3.78. The van der Waals surface area contributed by atoms with Crippen molar-refractivity contribution in [1.29, 1.82) is 0 Å². The van der Waals surface area contributed by atoms with Gasteiger partial charge in [0.1, 0.15) is 5.84 Å². The minimum absolute atomic E-state index is 0.00996. The number of sulfonamides is 1. The molecule has 4 rings (SSSR count). The van der Waals surface area contributed by atoms with Crippen LogP contribution in [0.25, 0.3) is 0 Å². The summed E-state index contributed by atoms with van der Waals surface area (Å²) in [5, 5.41) is 2.74. The number of amidine groups is 1. The van der Waals surface area contributed by atoms with Crippen LogP contribution < -0.4 is 14.9 Å². The van der Waals surface area contributed by atoms with Crippen molar-refractivity contribution in [2.24, 2.45) is 4.99 Å². The Morgan fingerprint density at radius 2 is 1.87 bits per heavy atom. The standard InChI is InChI=1S/C21H22N4O4S/c26-20-11-5-13-25(20)18-9-2-1-8-17(18)21(27)23-15-6-3-7-16(14-15)30(28,29)24-19-10-4-12-22-19/h1-3,6-9,14H,4-5,10-13H2,(H,22,24)(H,23,27). The summed E-state index contributed by atoms with van der Waals surface area (Å²) in [5.74, 6) is 0.0332. The average molecular weight is 426 g/mol. The molecule has 0 saturated carbocycles. The second-order valence-corrected chi connectivity index (χ2v) is 8.87. The van der Waals surface area contributed by atoms with Gasteiger partial charge in [0.25, 0.3) is 15.9 Å². The zero-order valence-electron chi connectivity index (χ0n) is 16.3. The van der Waals surface area contributed by atoms with E-state index in [0.717, 1.165) is 12.8 Å². The number of carbonyl (C=O) groups is 2. The van der Waals surface area contributed by atoms with E-state index in [1.165, 1.54) is 12.1 Å². The van der Waals surface area contributed by atoms with E-state index < -0.39 is 15.9 Å². The highest BCUT2D eigenvalue weighted by atomic mass is 32.2. The molecule has 1 saturated heterocycles. The fraction of sp³-hybridized carbons (Fsp3) is 0.286. The average Bonchev–Trinajstić information content (AvgIpc) is 3.39. The summed E-state index contributed by atoms with van der Waals surface area (Å²) in [6.07, 6.45) is 2.65. The topological polar surface area (TPSA) is 108 Å². The highest BCUT2D eigenvalue weighted by molar-refractivity contribution is 7.90. The van der Waals surface area contributed by atoms with Crippen LogP contribution >= 0.6 is 0 Å². The van der Waals surface area contributed by atoms with Gasteiger partial charge in [0.2, 0.25) is 5.91 Å². The van der Waals surface area contributed by atoms with Gasteiger partial charge >= 0.3 is 0 Å². The van der Waals surface area contributed by atoms with Gasteiger partial charge in [-0.2, -0.15) is 0 Å². The fourth-order valence-corrected chi connectivity index (χ4v) is 4.71. The van der Waals surface area contributed by atoms with Gasteiger partial charge in [-0.05, 0) is 43.2 Å². The highest BCUT2D eigenvalue weighted by Crippen LogP contribution is 2.26. The van der Waals surface area contributed by atoms with Crippen molar-refractivity contribution >= 4 is 39.0 Å². The normalized spacial score (nSPS) is 16.5. The Kier molecular flexibility index (Phi) is 5.54. The number of rotatable bonds is 5. The predicted octanol–water partition coefficient (Wildman–Crippen LogP) is 2.54. The van der Waals surface area contributed by atoms with Crippen molar-refractivity contribution in [3.05, 3.63) is 54.1 Å². The molecule has 2 aromatic carbocycles. The van der Waals surface area contributed by atoms with Crippen molar-refractivity contribution < 1.29 is 18.0 Å². The molecule has 30 heavy (non-hydrogen) atoms. The predicted molar refractivity (Wildman–Crippen MR) is 114 cm³/mol. The van der Waals surface area contributed by atoms with Crippen molar-refractivity contribution in [1.82, 2.24) is 4.72 Å². The van der Waals surface area contributed by atoms with Crippen LogP contribution in [-0.4, -0.2) is 39.2 Å². The van der Waals surface area contributed by atoms with E-state index in [9.17, 15) is 18.0 Å². The molecule has 0 unspecified atom stereocenters. The first-order valence-electron chi connectivity index (χ1n) is 9.81. The molecule has 156 valence electrons. The van der Waals surface area contributed by atoms with Crippen molar-refractivity contribution in [3.8, 4) is 0 Å². The minimum Gasteiger partial charge on any atom is -0.322 e. The molecule has 0 atom stereocenters. The van der Waals surface area contributed by atoms with Crippen molar-refractivity contribution in [2.75, 3.05) is 23.3 Å². The number of aliphatic imine (C=N–C) groups is 1. The first-order chi connectivity index (χ1) is 14.4. The Bertz CT molecular complexity index is 1130. The summed E-state index contributed by atoms with van der Waals surface area (Å²) < 4.78 is 27.7. The molecular formula is C21H22N4O4S. The van der Waals surface area contributed by atoms with Gasteiger partial charge in [0.15, 0.2) is 0 Å². The molecule has 0 aromatic heterocycles. The summed E-state index contributed by atoms with van der Waals surface area (Å²) in [6.45, 7) is 1.19. The quantitative estimate of drug-likeness (QED) is 0.766. The summed E-state index contributed by atoms with van der Waals surface area (Å²) in [5.41, 5.74) is 1.26. The van der Waals surface area contributed by atoms with Gasteiger partial charge in [-0.3, -0.25) is 19.3 Å². The molecule has 0 aliphatic carbocycles. The first-order valence-corrected chi connectivity index (χ1v) is 11.3. The van der Waals surface area contributed by atoms with E-state index in [0.29, 0.717) is 48.7 Å². The second kappa shape index (κ2) is 8.27. The summed E-state index contributed by atoms with van der Waals surface area (Å²) in [6, 6.07) is 12.9. The number of hydrogen-bond donors (Lipinski definition) is 2. The van der Waals surface area contributed by atoms with Crippen LogP contribution in [-0.2, 0) is 14.8 Å². The van der Waals surface area contributed by atoms with E-state index in [1.807, 2.05) is 0 Å². The molecule has 2 aliphatic heterocycles. The second-order valence-electron chi connectivity index (χ2n) is 7.19. The third-order valence-corrected chi connectivity index (χ3v) is 6.42. The first kappa shape index (κ1) is 20.1. The molecular weight excluding hydrogens is 404 g/mol. The highest BCUT2D eigenvalue weighted by Gasteiger charge is 2.26. The monoisotopic (exact) mass is 426 g/mol. The zero-order valence-corrected chi connectivity index (χ0v) is 17.1. The molecule has 9 heteroatoms. The Morgan fingerprint density at radius 1 is 1.03 bits per heavy atom. The van der Waals surface area contributed by atoms with E-state index in [-0.39, 0.29) is 10.8 Å². The Labute approximate surface area is 175 Å². The number of nitrogens with one attached hydrogen (secondary N) is 2. The van der Waals surface area contributed by atoms with Gasteiger partial charge in [0, 0.05) is 31.6 Å². The van der Waals surface area contributed by atoms with Crippen molar-refractivity contribution in [3.63, 3.8) is 0 Å².